The summed E-state index contributed by atoms with van der Waals surface area (Å²) < 4.78 is 39.9. The summed E-state index contributed by atoms with van der Waals surface area (Å²) in [6.45, 7) is 4.90. The van der Waals surface area contributed by atoms with Crippen molar-refractivity contribution in [3.05, 3.63) is 35.1 Å². The second kappa shape index (κ2) is 6.53. The summed E-state index contributed by atoms with van der Waals surface area (Å²) in [6.07, 6.45) is 0. The molecule has 1 aromatic carbocycles. The van der Waals surface area contributed by atoms with Gasteiger partial charge in [0.15, 0.2) is 0 Å². The Morgan fingerprint density at radius 3 is 2.31 bits per heavy atom. The van der Waals surface area contributed by atoms with Crippen LogP contribution in [0.25, 0.3) is 0 Å². The zero-order valence-electron chi connectivity index (χ0n) is 10.1. The van der Waals surface area contributed by atoms with Gasteiger partial charge >= 0.3 is 0 Å². The molecule has 0 aromatic heterocycles. The third-order valence-corrected chi connectivity index (χ3v) is 1.98. The molecule has 1 N–H and O–H groups in total. The molecule has 1 aromatic rings. The van der Waals surface area contributed by atoms with E-state index in [1.54, 1.807) is 0 Å². The van der Waals surface area contributed by atoms with Gasteiger partial charge in [-0.25, -0.2) is 4.39 Å². The summed E-state index contributed by atoms with van der Waals surface area (Å²) in [5.74, 6) is -3.99. The number of hydrogen-bond acceptors (Lipinski definition) is 1. The van der Waals surface area contributed by atoms with E-state index < -0.39 is 23.8 Å². The smallest absolute Gasteiger partial charge is 0.288 e. The summed E-state index contributed by atoms with van der Waals surface area (Å²) in [5.41, 5.74) is -0.315. The average Bonchev–Trinajstić information content (AvgIpc) is 2.24. The second-order valence-electron chi connectivity index (χ2n) is 3.17. The van der Waals surface area contributed by atoms with Crippen molar-refractivity contribution in [1.29, 1.82) is 0 Å². The molecule has 0 spiro atoms. The topological polar surface area (TPSA) is 12.0 Å². The molecule has 0 aliphatic heterocycles. The molecule has 0 aliphatic carbocycles. The van der Waals surface area contributed by atoms with Crippen LogP contribution in [-0.4, -0.2) is 13.6 Å². The van der Waals surface area contributed by atoms with Crippen LogP contribution in [0.4, 0.5) is 13.2 Å². The molecule has 0 unspecified atom stereocenters. The third kappa shape index (κ3) is 3.52. The average molecular weight is 233 g/mol. The molecule has 0 bridgehead atoms. The lowest BCUT2D eigenvalue weighted by Crippen LogP contribution is -2.29. The Balaban J connectivity index is 0.00000106. The number of halogens is 3. The first-order valence-electron chi connectivity index (χ1n) is 5.27. The van der Waals surface area contributed by atoms with Crippen LogP contribution in [0.5, 0.6) is 0 Å². The molecule has 0 radical (unpaired) electrons. The van der Waals surface area contributed by atoms with Crippen LogP contribution in [0.1, 0.15) is 25.0 Å². The molecule has 0 saturated heterocycles. The molecule has 0 saturated carbocycles. The first-order valence-corrected chi connectivity index (χ1v) is 5.27. The number of benzene rings is 1. The van der Waals surface area contributed by atoms with E-state index in [1.807, 2.05) is 13.8 Å². The second-order valence-corrected chi connectivity index (χ2v) is 3.17. The van der Waals surface area contributed by atoms with Gasteiger partial charge in [0.1, 0.15) is 5.82 Å². The number of aryl methyl sites for hydroxylation is 1. The minimum atomic E-state index is -3.16. The van der Waals surface area contributed by atoms with Gasteiger partial charge in [0.2, 0.25) is 0 Å². The van der Waals surface area contributed by atoms with Crippen LogP contribution in [0.3, 0.4) is 0 Å². The first kappa shape index (κ1) is 15.0. The van der Waals surface area contributed by atoms with Crippen LogP contribution < -0.4 is 5.32 Å². The van der Waals surface area contributed by atoms with Crippen LogP contribution >= 0.6 is 0 Å². The van der Waals surface area contributed by atoms with E-state index in [2.05, 4.69) is 5.32 Å². The Kier molecular flexibility index (Phi) is 6.11. The Morgan fingerprint density at radius 2 is 1.81 bits per heavy atom. The van der Waals surface area contributed by atoms with Crippen molar-refractivity contribution in [2.75, 3.05) is 13.6 Å². The maximum Gasteiger partial charge on any atom is 0.288 e. The molecule has 16 heavy (non-hydrogen) atoms. The van der Waals surface area contributed by atoms with Gasteiger partial charge in [-0.1, -0.05) is 32.0 Å². The molecule has 92 valence electrons. The van der Waals surface area contributed by atoms with Crippen molar-refractivity contribution in [3.63, 3.8) is 0 Å². The maximum absolute atomic E-state index is 13.3. The highest BCUT2D eigenvalue weighted by Crippen LogP contribution is 2.30. The molecular formula is C12H18F3N. The zero-order chi connectivity index (χ0) is 12.8. The molecule has 1 rings (SSSR count). The monoisotopic (exact) mass is 233 g/mol. The minimum Gasteiger partial charge on any atom is -0.314 e. The van der Waals surface area contributed by atoms with Crippen molar-refractivity contribution in [2.45, 2.75) is 26.7 Å². The SMILES string of the molecule is CC.CNCC(F)(F)c1cccc(C)c1F. The van der Waals surface area contributed by atoms with E-state index in [4.69, 9.17) is 0 Å². The number of alkyl halides is 2. The highest BCUT2D eigenvalue weighted by molar-refractivity contribution is 5.28. The molecule has 0 atom stereocenters. The van der Waals surface area contributed by atoms with Crippen LogP contribution in [-0.2, 0) is 5.92 Å². The van der Waals surface area contributed by atoms with Crippen molar-refractivity contribution >= 4 is 0 Å². The Hall–Kier alpha value is -1.03. The number of hydrogen-bond donors (Lipinski definition) is 1. The van der Waals surface area contributed by atoms with Crippen molar-refractivity contribution in [3.8, 4) is 0 Å². The lowest BCUT2D eigenvalue weighted by molar-refractivity contribution is -0.00481. The fourth-order valence-corrected chi connectivity index (χ4v) is 1.25. The molecule has 0 heterocycles. The highest BCUT2D eigenvalue weighted by atomic mass is 19.3. The minimum absolute atomic E-state index is 0.235. The van der Waals surface area contributed by atoms with Gasteiger partial charge in [0, 0.05) is 0 Å². The van der Waals surface area contributed by atoms with E-state index in [0.717, 1.165) is 6.07 Å². The van der Waals surface area contributed by atoms with Gasteiger partial charge in [-0.2, -0.15) is 8.78 Å². The van der Waals surface area contributed by atoms with Gasteiger partial charge in [-0.05, 0) is 19.5 Å². The van der Waals surface area contributed by atoms with E-state index in [0.29, 0.717) is 0 Å². The Bertz CT molecular complexity index is 324. The Morgan fingerprint density at radius 1 is 1.25 bits per heavy atom. The summed E-state index contributed by atoms with van der Waals surface area (Å²) in [6, 6.07) is 4.01. The largest absolute Gasteiger partial charge is 0.314 e. The Labute approximate surface area is 94.7 Å². The van der Waals surface area contributed by atoms with Gasteiger partial charge < -0.3 is 5.32 Å². The van der Waals surface area contributed by atoms with Gasteiger partial charge in [0.25, 0.3) is 5.92 Å². The molecule has 4 heteroatoms. The fourth-order valence-electron chi connectivity index (χ4n) is 1.25. The predicted octanol–water partition coefficient (Wildman–Crippen LogP) is 3.47. The van der Waals surface area contributed by atoms with E-state index in [-0.39, 0.29) is 5.56 Å². The third-order valence-electron chi connectivity index (χ3n) is 1.98. The van der Waals surface area contributed by atoms with Crippen molar-refractivity contribution < 1.29 is 13.2 Å². The van der Waals surface area contributed by atoms with Crippen LogP contribution in [0.2, 0.25) is 0 Å². The molecule has 0 fully saturated rings. The quantitative estimate of drug-likeness (QED) is 0.842. The normalized spacial score (nSPS) is 10.7. The summed E-state index contributed by atoms with van der Waals surface area (Å²) >= 11 is 0. The number of rotatable bonds is 3. The number of likely N-dealkylation sites (N-methyl/N-ethyl adjacent to an activating group) is 1. The summed E-state index contributed by atoms with van der Waals surface area (Å²) in [5, 5.41) is 2.34. The van der Waals surface area contributed by atoms with E-state index >= 15 is 0 Å². The molecule has 0 aliphatic rings. The van der Waals surface area contributed by atoms with Gasteiger partial charge in [-0.3, -0.25) is 0 Å². The maximum atomic E-state index is 13.3. The zero-order valence-corrected chi connectivity index (χ0v) is 10.1. The van der Waals surface area contributed by atoms with Crippen molar-refractivity contribution in [1.82, 2.24) is 5.32 Å². The fraction of sp³-hybridized carbons (Fsp3) is 0.500. The predicted molar refractivity (Wildman–Crippen MR) is 60.3 cm³/mol. The first-order chi connectivity index (χ1) is 7.49. The summed E-state index contributed by atoms with van der Waals surface area (Å²) in [7, 11) is 1.40. The van der Waals surface area contributed by atoms with E-state index in [9.17, 15) is 13.2 Å². The molecular weight excluding hydrogens is 215 g/mol. The lowest BCUT2D eigenvalue weighted by Gasteiger charge is -2.17. The highest BCUT2D eigenvalue weighted by Gasteiger charge is 2.33. The lowest BCUT2D eigenvalue weighted by atomic mass is 10.0. The number of nitrogens with one attached hydrogen (secondary N) is 1. The molecule has 0 amide bonds. The van der Waals surface area contributed by atoms with Gasteiger partial charge in [-0.15, -0.1) is 0 Å². The van der Waals surface area contributed by atoms with E-state index in [1.165, 1.54) is 26.1 Å². The van der Waals surface area contributed by atoms with Crippen LogP contribution in [0.15, 0.2) is 18.2 Å². The van der Waals surface area contributed by atoms with Crippen molar-refractivity contribution in [2.24, 2.45) is 0 Å². The van der Waals surface area contributed by atoms with Crippen LogP contribution in [0, 0.1) is 12.7 Å². The summed E-state index contributed by atoms with van der Waals surface area (Å²) in [4.78, 5) is 0. The molecule has 1 nitrogen and oxygen atoms in total. The van der Waals surface area contributed by atoms with Gasteiger partial charge in [0.05, 0.1) is 12.1 Å². The standard InChI is InChI=1S/C10H12F3N.C2H6/c1-7-4-3-5-8(9(7)11)10(12,13)6-14-2;1-2/h3-5,14H,6H2,1-2H3;1-2H3.